The third kappa shape index (κ3) is 3.39. The van der Waals surface area contributed by atoms with Crippen LogP contribution in [0.5, 0.6) is 0 Å². The molecular weight excluding hydrogens is 248 g/mol. The van der Waals surface area contributed by atoms with E-state index in [0.717, 1.165) is 13.8 Å². The molecule has 3 N–H and O–H groups in total. The van der Waals surface area contributed by atoms with Crippen LogP contribution < -0.4 is 0 Å². The predicted octanol–water partition coefficient (Wildman–Crippen LogP) is -2.08. The Morgan fingerprint density at radius 2 is 1.67 bits per heavy atom. The van der Waals surface area contributed by atoms with Crippen LogP contribution in [0.3, 0.4) is 0 Å². The van der Waals surface area contributed by atoms with Gasteiger partial charge in [-0.2, -0.15) is 0 Å². The molecule has 8 nitrogen and oxygen atoms in total. The minimum absolute atomic E-state index is 0.581. The molecule has 0 unspecified atom stereocenters. The first kappa shape index (κ1) is 14.8. The van der Waals surface area contributed by atoms with Crippen molar-refractivity contribution in [1.29, 1.82) is 0 Å². The van der Waals surface area contributed by atoms with E-state index in [1.165, 1.54) is 0 Å². The monoisotopic (exact) mass is 264 g/mol. The Labute approximate surface area is 103 Å². The molecule has 0 radical (unpaired) electrons. The second-order valence-corrected chi connectivity index (χ2v) is 3.89. The number of rotatable bonds is 3. The van der Waals surface area contributed by atoms with Crippen molar-refractivity contribution in [3.05, 3.63) is 0 Å². The molecule has 104 valence electrons. The number of hydrogen-bond donors (Lipinski definition) is 3. The number of aliphatic hydroxyl groups excluding tert-OH is 3. The van der Waals surface area contributed by atoms with Crippen molar-refractivity contribution in [1.82, 2.24) is 0 Å². The van der Waals surface area contributed by atoms with Gasteiger partial charge in [0.25, 0.3) is 0 Å². The Hall–Kier alpha value is -1.22. The normalized spacial score (nSPS) is 35.9. The van der Waals surface area contributed by atoms with Crippen molar-refractivity contribution in [2.75, 3.05) is 6.61 Å². The van der Waals surface area contributed by atoms with Crippen molar-refractivity contribution < 1.29 is 39.1 Å². The van der Waals surface area contributed by atoms with Gasteiger partial charge in [-0.3, -0.25) is 9.59 Å². The summed E-state index contributed by atoms with van der Waals surface area (Å²) in [6.07, 6.45) is -6.82. The van der Waals surface area contributed by atoms with E-state index in [9.17, 15) is 19.8 Å². The average molecular weight is 264 g/mol. The third-order valence-electron chi connectivity index (χ3n) is 2.41. The van der Waals surface area contributed by atoms with Gasteiger partial charge in [0, 0.05) is 13.8 Å². The minimum atomic E-state index is -1.52. The van der Waals surface area contributed by atoms with Crippen molar-refractivity contribution in [2.45, 2.75) is 44.6 Å². The Morgan fingerprint density at radius 1 is 1.11 bits per heavy atom. The van der Waals surface area contributed by atoms with Crippen LogP contribution in [-0.4, -0.2) is 64.6 Å². The minimum Gasteiger partial charge on any atom is -0.453 e. The molecule has 8 heteroatoms. The predicted molar refractivity (Wildman–Crippen MR) is 55.1 cm³/mol. The third-order valence-corrected chi connectivity index (χ3v) is 2.41. The molecule has 1 fully saturated rings. The van der Waals surface area contributed by atoms with E-state index < -0.39 is 49.3 Å². The first-order valence-corrected chi connectivity index (χ1v) is 5.33. The first-order valence-electron chi connectivity index (χ1n) is 5.33. The van der Waals surface area contributed by atoms with E-state index in [4.69, 9.17) is 19.3 Å². The summed E-state index contributed by atoms with van der Waals surface area (Å²) in [4.78, 5) is 21.8. The number of hydrogen-bond acceptors (Lipinski definition) is 8. The number of ether oxygens (including phenoxy) is 3. The lowest BCUT2D eigenvalue weighted by atomic mass is 9.99. The van der Waals surface area contributed by atoms with Crippen LogP contribution in [0.2, 0.25) is 0 Å². The highest BCUT2D eigenvalue weighted by Crippen LogP contribution is 2.24. The zero-order valence-electron chi connectivity index (χ0n) is 9.98. The summed E-state index contributed by atoms with van der Waals surface area (Å²) in [6, 6.07) is 0. The van der Waals surface area contributed by atoms with Gasteiger partial charge in [-0.1, -0.05) is 0 Å². The standard InChI is InChI=1S/C10H16O8/c1-4(12)16-9-8(15)7(14)6(3-11)18-10(9)17-5(2)13/h6-11,14-15H,3H2,1-2H3/t6-,7-,8+,9-,10-/m1/s1. The number of carbonyl (C=O) groups is 2. The second kappa shape index (κ2) is 6.10. The van der Waals surface area contributed by atoms with E-state index in [1.807, 2.05) is 0 Å². The van der Waals surface area contributed by atoms with Gasteiger partial charge in [0.05, 0.1) is 6.61 Å². The molecule has 0 aromatic carbocycles. The van der Waals surface area contributed by atoms with Crippen molar-refractivity contribution >= 4 is 11.9 Å². The maximum atomic E-state index is 10.9. The van der Waals surface area contributed by atoms with Gasteiger partial charge in [0.1, 0.15) is 18.3 Å². The molecule has 1 heterocycles. The Balaban J connectivity index is 2.86. The molecule has 5 atom stereocenters. The maximum Gasteiger partial charge on any atom is 0.305 e. The highest BCUT2D eigenvalue weighted by atomic mass is 16.7. The van der Waals surface area contributed by atoms with E-state index in [1.54, 1.807) is 0 Å². The van der Waals surface area contributed by atoms with Crippen LogP contribution in [0, 0.1) is 0 Å². The summed E-state index contributed by atoms with van der Waals surface area (Å²) in [6.45, 7) is 1.63. The zero-order valence-corrected chi connectivity index (χ0v) is 9.98. The van der Waals surface area contributed by atoms with Gasteiger partial charge >= 0.3 is 11.9 Å². The molecule has 0 amide bonds. The van der Waals surface area contributed by atoms with E-state index in [-0.39, 0.29) is 0 Å². The summed E-state index contributed by atoms with van der Waals surface area (Å²) >= 11 is 0. The molecule has 0 saturated carbocycles. The molecule has 18 heavy (non-hydrogen) atoms. The highest BCUT2D eigenvalue weighted by molar-refractivity contribution is 5.67. The van der Waals surface area contributed by atoms with Crippen molar-refractivity contribution in [2.24, 2.45) is 0 Å². The lowest BCUT2D eigenvalue weighted by Crippen LogP contribution is -2.60. The first-order chi connectivity index (χ1) is 8.36. The second-order valence-electron chi connectivity index (χ2n) is 3.89. The van der Waals surface area contributed by atoms with Crippen LogP contribution in [0.4, 0.5) is 0 Å². The molecule has 1 aliphatic rings. The molecule has 0 spiro atoms. The summed E-state index contributed by atoms with van der Waals surface area (Å²) in [5, 5.41) is 28.3. The van der Waals surface area contributed by atoms with E-state index in [2.05, 4.69) is 0 Å². The fourth-order valence-electron chi connectivity index (χ4n) is 1.63. The van der Waals surface area contributed by atoms with Gasteiger partial charge in [-0.05, 0) is 0 Å². The molecule has 0 bridgehead atoms. The molecule has 1 rings (SSSR count). The Bertz CT molecular complexity index is 317. The quantitative estimate of drug-likeness (QED) is 0.496. The molecule has 1 aliphatic heterocycles. The Kier molecular flexibility index (Phi) is 5.03. The number of carbonyl (C=O) groups excluding carboxylic acids is 2. The fraction of sp³-hybridized carbons (Fsp3) is 0.800. The molecule has 0 aliphatic carbocycles. The Morgan fingerprint density at radius 3 is 2.11 bits per heavy atom. The van der Waals surface area contributed by atoms with Crippen LogP contribution >= 0.6 is 0 Å². The van der Waals surface area contributed by atoms with Gasteiger partial charge in [0.15, 0.2) is 6.10 Å². The highest BCUT2D eigenvalue weighted by Gasteiger charge is 2.47. The summed E-state index contributed by atoms with van der Waals surface area (Å²) < 4.78 is 14.5. The number of esters is 2. The van der Waals surface area contributed by atoms with Crippen LogP contribution in [0.1, 0.15) is 13.8 Å². The summed E-state index contributed by atoms with van der Waals surface area (Å²) in [7, 11) is 0. The maximum absolute atomic E-state index is 10.9. The average Bonchev–Trinajstić information content (AvgIpc) is 2.27. The topological polar surface area (TPSA) is 123 Å². The largest absolute Gasteiger partial charge is 0.453 e. The smallest absolute Gasteiger partial charge is 0.305 e. The van der Waals surface area contributed by atoms with Crippen molar-refractivity contribution in [3.63, 3.8) is 0 Å². The van der Waals surface area contributed by atoms with Gasteiger partial charge in [-0.25, -0.2) is 0 Å². The molecule has 0 aromatic rings. The van der Waals surface area contributed by atoms with E-state index in [0.29, 0.717) is 0 Å². The van der Waals surface area contributed by atoms with Gasteiger partial charge < -0.3 is 29.5 Å². The fourth-order valence-corrected chi connectivity index (χ4v) is 1.63. The lowest BCUT2D eigenvalue weighted by molar-refractivity contribution is -0.295. The van der Waals surface area contributed by atoms with Gasteiger partial charge in [0.2, 0.25) is 6.29 Å². The lowest BCUT2D eigenvalue weighted by Gasteiger charge is -2.40. The number of aliphatic hydroxyl groups is 3. The van der Waals surface area contributed by atoms with E-state index >= 15 is 0 Å². The summed E-state index contributed by atoms with van der Waals surface area (Å²) in [5.41, 5.74) is 0. The van der Waals surface area contributed by atoms with Crippen molar-refractivity contribution in [3.8, 4) is 0 Å². The van der Waals surface area contributed by atoms with Crippen LogP contribution in [0.25, 0.3) is 0 Å². The SMILES string of the molecule is CC(=O)O[C@@H]1O[C@H](CO)[C@@H](O)[C@H](O)[C@H]1OC(C)=O. The molecule has 0 aromatic heterocycles. The summed E-state index contributed by atoms with van der Waals surface area (Å²) in [5.74, 6) is -1.44. The van der Waals surface area contributed by atoms with Crippen LogP contribution in [0.15, 0.2) is 0 Å². The van der Waals surface area contributed by atoms with Crippen LogP contribution in [-0.2, 0) is 23.8 Å². The molecule has 1 saturated heterocycles. The molecular formula is C10H16O8. The van der Waals surface area contributed by atoms with Gasteiger partial charge in [-0.15, -0.1) is 0 Å². The zero-order chi connectivity index (χ0) is 13.9.